The van der Waals surface area contributed by atoms with Gasteiger partial charge in [-0.3, -0.25) is 4.79 Å². The van der Waals surface area contributed by atoms with Crippen LogP contribution in [0.25, 0.3) is 0 Å². The highest BCUT2D eigenvalue weighted by Gasteiger charge is 2.34. The molecule has 1 heterocycles. The molecule has 1 amide bonds. The standard InChI is InChI=1S/C21H31NO2/c1-21(2,3)19-7-5-4-6-18(19)15-10-12-22(13-11-15)20(24)16-8-9-17(23)14-16/h4-7,15-17,23H,8-14H2,1-3H3/t16?,17-/m0/s1. The SMILES string of the molecule is CC(C)(C)c1ccccc1C1CCN(C(=O)C2CC[C@H](O)C2)CC1. The molecule has 1 aliphatic heterocycles. The highest BCUT2D eigenvalue weighted by molar-refractivity contribution is 5.79. The van der Waals surface area contributed by atoms with Crippen LogP contribution in [0.15, 0.2) is 24.3 Å². The first-order chi connectivity index (χ1) is 11.4. The molecule has 1 saturated heterocycles. The van der Waals surface area contributed by atoms with Gasteiger partial charge in [-0.15, -0.1) is 0 Å². The van der Waals surface area contributed by atoms with E-state index in [-0.39, 0.29) is 23.3 Å². The fourth-order valence-corrected chi connectivity index (χ4v) is 4.39. The number of carbonyl (C=O) groups excluding carboxylic acids is 1. The number of amides is 1. The van der Waals surface area contributed by atoms with Gasteiger partial charge in [0.15, 0.2) is 0 Å². The molecule has 0 radical (unpaired) electrons. The van der Waals surface area contributed by atoms with Gasteiger partial charge in [-0.2, -0.15) is 0 Å². The van der Waals surface area contributed by atoms with Crippen LogP contribution in [0.4, 0.5) is 0 Å². The Bertz CT molecular complexity index is 582. The van der Waals surface area contributed by atoms with Gasteiger partial charge in [0, 0.05) is 19.0 Å². The molecule has 2 aliphatic rings. The maximum atomic E-state index is 12.6. The number of likely N-dealkylation sites (tertiary alicyclic amines) is 1. The van der Waals surface area contributed by atoms with Crippen molar-refractivity contribution in [3.63, 3.8) is 0 Å². The maximum absolute atomic E-state index is 12.6. The molecule has 1 aromatic rings. The Balaban J connectivity index is 1.65. The van der Waals surface area contributed by atoms with Crippen LogP contribution in [-0.4, -0.2) is 35.1 Å². The maximum Gasteiger partial charge on any atom is 0.225 e. The van der Waals surface area contributed by atoms with Gasteiger partial charge in [0.05, 0.1) is 6.10 Å². The average molecular weight is 329 g/mol. The zero-order valence-corrected chi connectivity index (χ0v) is 15.3. The van der Waals surface area contributed by atoms with E-state index >= 15 is 0 Å². The molecule has 0 bridgehead atoms. The van der Waals surface area contributed by atoms with E-state index in [0.29, 0.717) is 12.3 Å². The smallest absolute Gasteiger partial charge is 0.225 e. The van der Waals surface area contributed by atoms with Gasteiger partial charge in [0.1, 0.15) is 0 Å². The van der Waals surface area contributed by atoms with Gasteiger partial charge in [0.25, 0.3) is 0 Å². The van der Waals surface area contributed by atoms with Crippen LogP contribution in [0.1, 0.15) is 69.9 Å². The van der Waals surface area contributed by atoms with Gasteiger partial charge < -0.3 is 10.0 Å². The molecule has 0 spiro atoms. The van der Waals surface area contributed by atoms with Crippen LogP contribution in [0.2, 0.25) is 0 Å². The molecular weight excluding hydrogens is 298 g/mol. The molecule has 2 fully saturated rings. The van der Waals surface area contributed by atoms with Crippen molar-refractivity contribution in [2.45, 2.75) is 70.3 Å². The lowest BCUT2D eigenvalue weighted by molar-refractivity contribution is -0.136. The summed E-state index contributed by atoms with van der Waals surface area (Å²) in [6, 6.07) is 8.80. The quantitative estimate of drug-likeness (QED) is 0.895. The van der Waals surface area contributed by atoms with Crippen molar-refractivity contribution in [2.75, 3.05) is 13.1 Å². The van der Waals surface area contributed by atoms with Gasteiger partial charge in [-0.05, 0) is 54.6 Å². The second-order valence-electron chi connectivity index (χ2n) is 8.60. The Morgan fingerprint density at radius 3 is 2.33 bits per heavy atom. The molecular formula is C21H31NO2. The van der Waals surface area contributed by atoms with Gasteiger partial charge in [0.2, 0.25) is 5.91 Å². The second-order valence-corrected chi connectivity index (χ2v) is 8.60. The second kappa shape index (κ2) is 6.87. The van der Waals surface area contributed by atoms with E-state index < -0.39 is 0 Å². The van der Waals surface area contributed by atoms with Crippen LogP contribution in [0, 0.1) is 5.92 Å². The minimum absolute atomic E-state index is 0.0541. The summed E-state index contributed by atoms with van der Waals surface area (Å²) in [6.07, 6.45) is 4.13. The summed E-state index contributed by atoms with van der Waals surface area (Å²) >= 11 is 0. The molecule has 3 heteroatoms. The summed E-state index contributed by atoms with van der Waals surface area (Å²) in [5, 5.41) is 9.67. The summed E-state index contributed by atoms with van der Waals surface area (Å²) < 4.78 is 0. The van der Waals surface area contributed by atoms with Crippen molar-refractivity contribution in [3.8, 4) is 0 Å². The fraction of sp³-hybridized carbons (Fsp3) is 0.667. The lowest BCUT2D eigenvalue weighted by atomic mass is 9.77. The normalized spacial score (nSPS) is 25.9. The number of nitrogens with zero attached hydrogens (tertiary/aromatic N) is 1. The van der Waals surface area contributed by atoms with Crippen LogP contribution < -0.4 is 0 Å². The Morgan fingerprint density at radius 2 is 1.75 bits per heavy atom. The van der Waals surface area contributed by atoms with Crippen molar-refractivity contribution in [2.24, 2.45) is 5.92 Å². The number of benzene rings is 1. The minimum Gasteiger partial charge on any atom is -0.393 e. The lowest BCUT2D eigenvalue weighted by Gasteiger charge is -2.36. The van der Waals surface area contributed by atoms with Crippen molar-refractivity contribution < 1.29 is 9.90 Å². The predicted octanol–water partition coefficient (Wildman–Crippen LogP) is 3.85. The number of piperidine rings is 1. The number of hydrogen-bond donors (Lipinski definition) is 1. The Morgan fingerprint density at radius 1 is 1.08 bits per heavy atom. The third kappa shape index (κ3) is 3.66. The largest absolute Gasteiger partial charge is 0.393 e. The number of carbonyl (C=O) groups is 1. The van der Waals surface area contributed by atoms with Crippen molar-refractivity contribution in [3.05, 3.63) is 35.4 Å². The van der Waals surface area contributed by atoms with Crippen LogP contribution in [0.5, 0.6) is 0 Å². The molecule has 0 aromatic heterocycles. The first kappa shape index (κ1) is 17.5. The molecule has 3 nitrogen and oxygen atoms in total. The molecule has 132 valence electrons. The first-order valence-electron chi connectivity index (χ1n) is 9.42. The zero-order valence-electron chi connectivity index (χ0n) is 15.3. The summed E-state index contributed by atoms with van der Waals surface area (Å²) in [6.45, 7) is 8.53. The van der Waals surface area contributed by atoms with E-state index in [0.717, 1.165) is 38.8 Å². The molecule has 3 rings (SSSR count). The van der Waals surface area contributed by atoms with E-state index in [1.165, 1.54) is 11.1 Å². The minimum atomic E-state index is -0.268. The number of hydrogen-bond acceptors (Lipinski definition) is 2. The monoisotopic (exact) mass is 329 g/mol. The van der Waals surface area contributed by atoms with Gasteiger partial charge >= 0.3 is 0 Å². The van der Waals surface area contributed by atoms with E-state index in [9.17, 15) is 9.90 Å². The van der Waals surface area contributed by atoms with Gasteiger partial charge in [-0.25, -0.2) is 0 Å². The molecule has 1 N–H and O–H groups in total. The fourth-order valence-electron chi connectivity index (χ4n) is 4.39. The third-order valence-electron chi connectivity index (χ3n) is 5.77. The average Bonchev–Trinajstić information content (AvgIpc) is 3.00. The first-order valence-corrected chi connectivity index (χ1v) is 9.42. The molecule has 2 atom stereocenters. The van der Waals surface area contributed by atoms with E-state index in [1.54, 1.807) is 0 Å². The third-order valence-corrected chi connectivity index (χ3v) is 5.77. The zero-order chi connectivity index (χ0) is 17.3. The summed E-state index contributed by atoms with van der Waals surface area (Å²) in [5.41, 5.74) is 3.06. The molecule has 1 saturated carbocycles. The van der Waals surface area contributed by atoms with E-state index in [2.05, 4.69) is 45.0 Å². The van der Waals surface area contributed by atoms with Crippen molar-refractivity contribution >= 4 is 5.91 Å². The summed E-state index contributed by atoms with van der Waals surface area (Å²) in [4.78, 5) is 14.7. The topological polar surface area (TPSA) is 40.5 Å². The number of aliphatic hydroxyl groups excluding tert-OH is 1. The summed E-state index contributed by atoms with van der Waals surface area (Å²) in [7, 11) is 0. The molecule has 1 aromatic carbocycles. The predicted molar refractivity (Wildman–Crippen MR) is 97.0 cm³/mol. The number of rotatable bonds is 2. The van der Waals surface area contributed by atoms with Crippen molar-refractivity contribution in [1.82, 2.24) is 4.90 Å². The lowest BCUT2D eigenvalue weighted by Crippen LogP contribution is -2.41. The summed E-state index contributed by atoms with van der Waals surface area (Å²) in [5.74, 6) is 0.881. The Labute approximate surface area is 146 Å². The Kier molecular flexibility index (Phi) is 5.00. The Hall–Kier alpha value is -1.35. The van der Waals surface area contributed by atoms with E-state index in [4.69, 9.17) is 0 Å². The molecule has 1 unspecified atom stereocenters. The number of aliphatic hydroxyl groups is 1. The highest BCUT2D eigenvalue weighted by Crippen LogP contribution is 2.36. The van der Waals surface area contributed by atoms with Crippen LogP contribution >= 0.6 is 0 Å². The van der Waals surface area contributed by atoms with Gasteiger partial charge in [-0.1, -0.05) is 45.0 Å². The molecule has 1 aliphatic carbocycles. The van der Waals surface area contributed by atoms with Crippen molar-refractivity contribution in [1.29, 1.82) is 0 Å². The van der Waals surface area contributed by atoms with E-state index in [1.807, 2.05) is 4.90 Å². The van der Waals surface area contributed by atoms with Crippen LogP contribution in [-0.2, 0) is 10.2 Å². The highest BCUT2D eigenvalue weighted by atomic mass is 16.3. The van der Waals surface area contributed by atoms with Crippen LogP contribution in [0.3, 0.4) is 0 Å². The molecule has 24 heavy (non-hydrogen) atoms.